The zero-order chi connectivity index (χ0) is 25.1. The molecule has 0 radical (unpaired) electrons. The van der Waals surface area contributed by atoms with Crippen LogP contribution in [0.1, 0.15) is 75.5 Å². The van der Waals surface area contributed by atoms with E-state index in [-0.39, 0.29) is 5.41 Å². The Labute approximate surface area is 229 Å². The van der Waals surface area contributed by atoms with E-state index >= 15 is 0 Å². The standard InChI is InChI=1S/C30H35NO.2ClH.Zr/c1-30(2,24-16-10-7-11-17-24)28-21-20-26(23-14-8-6-9-15-23)27(29(28)32)22-31-25-18-12-4-3-5-13-19-25;;;/h6-11,14-17,20-22,25,32H,3-5,12-13,18-19H2,1-2H3;2*1H;/q;;;+2/p-2. The van der Waals surface area contributed by atoms with Crippen LogP contribution in [0.2, 0.25) is 0 Å². The van der Waals surface area contributed by atoms with E-state index in [1.807, 2.05) is 30.5 Å². The van der Waals surface area contributed by atoms with Gasteiger partial charge in [0.2, 0.25) is 0 Å². The first-order chi connectivity index (χ1) is 17.0. The van der Waals surface area contributed by atoms with Gasteiger partial charge in [0.15, 0.2) is 0 Å². The molecule has 4 rings (SSSR count). The second-order valence-corrected chi connectivity index (χ2v) is 13.4. The zero-order valence-electron chi connectivity index (χ0n) is 20.7. The molecule has 5 heteroatoms. The molecule has 184 valence electrons. The topological polar surface area (TPSA) is 32.6 Å². The molecular weight excluding hydrogens is 552 g/mol. The van der Waals surface area contributed by atoms with E-state index < -0.39 is 20.8 Å². The van der Waals surface area contributed by atoms with Gasteiger partial charge in [0.25, 0.3) is 0 Å². The molecule has 1 saturated carbocycles. The van der Waals surface area contributed by atoms with Crippen LogP contribution in [0.25, 0.3) is 11.1 Å². The molecule has 0 aliphatic heterocycles. The molecule has 0 atom stereocenters. The summed E-state index contributed by atoms with van der Waals surface area (Å²) in [7, 11) is 9.87. The molecule has 0 amide bonds. The maximum atomic E-state index is 11.6. The Balaban J connectivity index is 0.00000108. The molecule has 0 saturated heterocycles. The van der Waals surface area contributed by atoms with Crippen LogP contribution in [0, 0.1) is 0 Å². The van der Waals surface area contributed by atoms with Gasteiger partial charge in [-0.05, 0) is 29.5 Å². The average Bonchev–Trinajstić information content (AvgIpc) is 2.85. The fraction of sp³-hybridized carbons (Fsp3) is 0.367. The molecule has 0 unspecified atom stereocenters. The van der Waals surface area contributed by atoms with Crippen LogP contribution in [0.3, 0.4) is 0 Å². The summed E-state index contributed by atoms with van der Waals surface area (Å²) in [6.45, 7) is 4.35. The monoisotopic (exact) mass is 585 g/mol. The van der Waals surface area contributed by atoms with Crippen molar-refractivity contribution in [2.75, 3.05) is 0 Å². The summed E-state index contributed by atoms with van der Waals surface area (Å²) in [5.41, 5.74) is 4.77. The normalized spacial score (nSPS) is 15.1. The predicted molar refractivity (Wildman–Crippen MR) is 148 cm³/mol. The summed E-state index contributed by atoms with van der Waals surface area (Å²) in [5.74, 6) is 0.342. The second kappa shape index (κ2) is 14.4. The number of phenols is 1. The Bertz CT molecular complexity index is 1060. The summed E-state index contributed by atoms with van der Waals surface area (Å²) in [6.07, 6.45) is 10.7. The molecule has 0 spiro atoms. The van der Waals surface area contributed by atoms with Gasteiger partial charge in [-0.1, -0.05) is 119 Å². The van der Waals surface area contributed by atoms with E-state index in [1.165, 1.54) is 37.7 Å². The van der Waals surface area contributed by atoms with Crippen LogP contribution in [-0.2, 0) is 26.3 Å². The van der Waals surface area contributed by atoms with Crippen molar-refractivity contribution < 1.29 is 26.0 Å². The molecule has 2 nitrogen and oxygen atoms in total. The summed E-state index contributed by atoms with van der Waals surface area (Å²) >= 11 is -0.826. The molecule has 0 bridgehead atoms. The molecule has 3 aromatic carbocycles. The van der Waals surface area contributed by atoms with Crippen LogP contribution in [-0.4, -0.2) is 17.4 Å². The Morgan fingerprint density at radius 2 is 1.37 bits per heavy atom. The molecule has 0 heterocycles. The molecule has 3 aromatic rings. The van der Waals surface area contributed by atoms with Gasteiger partial charge in [-0.25, -0.2) is 0 Å². The van der Waals surface area contributed by atoms with Crippen LogP contribution < -0.4 is 0 Å². The van der Waals surface area contributed by atoms with E-state index in [0.717, 1.165) is 35.1 Å². The van der Waals surface area contributed by atoms with Crippen molar-refractivity contribution in [3.63, 3.8) is 0 Å². The van der Waals surface area contributed by atoms with Crippen LogP contribution in [0.5, 0.6) is 5.75 Å². The zero-order valence-corrected chi connectivity index (χ0v) is 24.7. The van der Waals surface area contributed by atoms with E-state index in [2.05, 4.69) is 62.4 Å². The van der Waals surface area contributed by atoms with Crippen molar-refractivity contribution in [2.24, 2.45) is 4.99 Å². The number of halogens is 2. The van der Waals surface area contributed by atoms with Crippen molar-refractivity contribution in [2.45, 2.75) is 70.3 Å². The van der Waals surface area contributed by atoms with Gasteiger partial charge in [-0.2, -0.15) is 0 Å². The van der Waals surface area contributed by atoms with Crippen LogP contribution in [0.4, 0.5) is 0 Å². The third-order valence-electron chi connectivity index (χ3n) is 6.96. The first-order valence-electron chi connectivity index (χ1n) is 12.5. The molecule has 1 aliphatic rings. The van der Waals surface area contributed by atoms with Gasteiger partial charge in [-0.3, -0.25) is 4.99 Å². The van der Waals surface area contributed by atoms with Gasteiger partial charge < -0.3 is 5.11 Å². The summed E-state index contributed by atoms with van der Waals surface area (Å²) in [4.78, 5) is 5.01. The second-order valence-electron chi connectivity index (χ2n) is 9.63. The van der Waals surface area contributed by atoms with Gasteiger partial charge in [0.05, 0.1) is 0 Å². The first kappa shape index (κ1) is 28.2. The van der Waals surface area contributed by atoms with Crippen molar-refractivity contribution >= 4 is 23.2 Å². The number of aliphatic imine (C=N–C) groups is 1. The quantitative estimate of drug-likeness (QED) is 0.297. The SMILES string of the molecule is CC(C)(c1ccccc1)c1ccc(-c2ccccc2)c(C=NC2CCCCCCC2)c1O.[Cl][Zr][Cl]. The molecule has 35 heavy (non-hydrogen) atoms. The first-order valence-corrected chi connectivity index (χ1v) is 18.8. The number of nitrogens with zero attached hydrogens (tertiary/aromatic N) is 1. The number of benzene rings is 3. The van der Waals surface area contributed by atoms with Crippen molar-refractivity contribution in [1.29, 1.82) is 0 Å². The molecule has 1 fully saturated rings. The molecular formula is C30H35Cl2NOZr. The Kier molecular flexibility index (Phi) is 11.6. The van der Waals surface area contributed by atoms with Crippen molar-refractivity contribution in [1.82, 2.24) is 0 Å². The Morgan fingerprint density at radius 3 is 1.97 bits per heavy atom. The van der Waals surface area contributed by atoms with Gasteiger partial charge in [-0.15, -0.1) is 0 Å². The third-order valence-corrected chi connectivity index (χ3v) is 6.96. The number of hydrogen-bond donors (Lipinski definition) is 1. The third kappa shape index (κ3) is 7.79. The fourth-order valence-electron chi connectivity index (χ4n) is 4.89. The predicted octanol–water partition coefficient (Wildman–Crippen LogP) is 9.29. The van der Waals surface area contributed by atoms with Gasteiger partial charge >= 0.3 is 37.9 Å². The van der Waals surface area contributed by atoms with Crippen molar-refractivity contribution in [3.05, 3.63) is 89.5 Å². The molecule has 1 N–H and O–H groups in total. The Morgan fingerprint density at radius 1 is 0.829 bits per heavy atom. The van der Waals surface area contributed by atoms with Gasteiger partial charge in [0.1, 0.15) is 5.75 Å². The molecule has 1 aliphatic carbocycles. The summed E-state index contributed by atoms with van der Waals surface area (Å²) < 4.78 is 0. The fourth-order valence-corrected chi connectivity index (χ4v) is 4.89. The summed E-state index contributed by atoms with van der Waals surface area (Å²) in [6, 6.07) is 25.3. The number of hydrogen-bond acceptors (Lipinski definition) is 2. The number of aromatic hydroxyl groups is 1. The molecule has 0 aromatic heterocycles. The van der Waals surface area contributed by atoms with Crippen LogP contribution in [0.15, 0.2) is 77.8 Å². The number of phenolic OH excluding ortho intramolecular Hbond substituents is 1. The van der Waals surface area contributed by atoms with E-state index in [1.54, 1.807) is 0 Å². The van der Waals surface area contributed by atoms with E-state index in [0.29, 0.717) is 11.8 Å². The van der Waals surface area contributed by atoms with Gasteiger partial charge in [0, 0.05) is 28.8 Å². The number of rotatable bonds is 5. The maximum absolute atomic E-state index is 11.6. The van der Waals surface area contributed by atoms with E-state index in [9.17, 15) is 5.11 Å². The minimum absolute atomic E-state index is 0.316. The van der Waals surface area contributed by atoms with Crippen molar-refractivity contribution in [3.8, 4) is 16.9 Å². The Hall–Kier alpha value is -1.41. The minimum atomic E-state index is -0.826. The van der Waals surface area contributed by atoms with Crippen LogP contribution >= 0.6 is 17.0 Å². The average molecular weight is 588 g/mol. The van der Waals surface area contributed by atoms with E-state index in [4.69, 9.17) is 22.0 Å². The summed E-state index contributed by atoms with van der Waals surface area (Å²) in [5, 5.41) is 11.6.